The van der Waals surface area contributed by atoms with Crippen LogP contribution in [0.2, 0.25) is 5.02 Å². The molecule has 3 heterocycles. The van der Waals surface area contributed by atoms with Crippen molar-refractivity contribution in [2.75, 3.05) is 6.54 Å². The van der Waals surface area contributed by atoms with Crippen molar-refractivity contribution < 1.29 is 4.79 Å². The first-order chi connectivity index (χ1) is 12.7. The van der Waals surface area contributed by atoms with Crippen LogP contribution in [0, 0.1) is 0 Å². The largest absolute Gasteiger partial charge is 0.358 e. The van der Waals surface area contributed by atoms with Gasteiger partial charge in [-0.15, -0.1) is 0 Å². The lowest BCUT2D eigenvalue weighted by Gasteiger charge is -2.27. The van der Waals surface area contributed by atoms with Crippen LogP contribution in [0.5, 0.6) is 0 Å². The maximum atomic E-state index is 12.6. The highest BCUT2D eigenvalue weighted by atomic mass is 35.5. The Balaban J connectivity index is 1.31. The fraction of sp³-hybridized carbons (Fsp3) is 0.381. The van der Waals surface area contributed by atoms with Crippen molar-refractivity contribution in [2.24, 2.45) is 0 Å². The van der Waals surface area contributed by atoms with Gasteiger partial charge in [0.2, 0.25) is 5.91 Å². The van der Waals surface area contributed by atoms with Crippen LogP contribution in [0.25, 0.3) is 10.9 Å². The number of benzene rings is 1. The van der Waals surface area contributed by atoms with Crippen molar-refractivity contribution in [1.29, 1.82) is 0 Å². The first-order valence-electron chi connectivity index (χ1n) is 9.38. The molecule has 0 saturated carbocycles. The number of carbonyl (C=O) groups excluding carboxylic acids is 1. The summed E-state index contributed by atoms with van der Waals surface area (Å²) < 4.78 is 2.19. The molecule has 136 valence electrons. The summed E-state index contributed by atoms with van der Waals surface area (Å²) >= 11 is 6.16. The van der Waals surface area contributed by atoms with E-state index in [0.717, 1.165) is 54.7 Å². The normalized spacial score (nSPS) is 14.0. The summed E-state index contributed by atoms with van der Waals surface area (Å²) in [6, 6.07) is 10.0. The molecule has 0 atom stereocenters. The molecule has 0 unspecified atom stereocenters. The quantitative estimate of drug-likeness (QED) is 0.625. The van der Waals surface area contributed by atoms with Crippen LogP contribution >= 0.6 is 11.6 Å². The molecule has 0 spiro atoms. The summed E-state index contributed by atoms with van der Waals surface area (Å²) in [4.78, 5) is 18.1. The number of hydrogen-bond donors (Lipinski definition) is 1. The zero-order chi connectivity index (χ0) is 17.9. The molecular weight excluding hydrogens is 346 g/mol. The van der Waals surface area contributed by atoms with E-state index in [9.17, 15) is 4.79 Å². The molecule has 1 N–H and O–H groups in total. The Kier molecular flexibility index (Phi) is 5.02. The van der Waals surface area contributed by atoms with Gasteiger partial charge in [-0.25, -0.2) is 0 Å². The molecule has 0 saturated heterocycles. The number of nitrogens with one attached hydrogen (secondary N) is 1. The highest BCUT2D eigenvalue weighted by Gasteiger charge is 2.23. The van der Waals surface area contributed by atoms with Gasteiger partial charge in [0.1, 0.15) is 0 Å². The summed E-state index contributed by atoms with van der Waals surface area (Å²) in [5.41, 5.74) is 3.59. The minimum absolute atomic E-state index is 0.271. The predicted molar refractivity (Wildman–Crippen MR) is 105 cm³/mol. The molecule has 1 aliphatic heterocycles. The van der Waals surface area contributed by atoms with Gasteiger partial charge in [-0.3, -0.25) is 4.79 Å². The molecule has 0 radical (unpaired) electrons. The summed E-state index contributed by atoms with van der Waals surface area (Å²) in [6.45, 7) is 2.53. The van der Waals surface area contributed by atoms with E-state index in [-0.39, 0.29) is 5.91 Å². The van der Waals surface area contributed by atoms with Gasteiger partial charge in [-0.05, 0) is 43.2 Å². The van der Waals surface area contributed by atoms with Gasteiger partial charge in [0.05, 0.1) is 0 Å². The molecule has 0 aliphatic carbocycles. The Morgan fingerprint density at radius 1 is 1.15 bits per heavy atom. The Morgan fingerprint density at radius 2 is 2.00 bits per heavy atom. The molecule has 1 aliphatic rings. The standard InChI is InChI=1S/C21H24ClN3O/c22-16-7-8-19-17(14-16)18-15-25(13-9-20(18)23-19)21(26)6-2-1-3-10-24-11-4-5-12-24/h4-5,7-8,11-12,14,23H,1-3,6,9-10,13,15H2. The maximum absolute atomic E-state index is 12.6. The minimum atomic E-state index is 0.271. The van der Waals surface area contributed by atoms with Crippen LogP contribution in [0.3, 0.4) is 0 Å². The number of hydrogen-bond acceptors (Lipinski definition) is 1. The van der Waals surface area contributed by atoms with Crippen molar-refractivity contribution in [3.05, 3.63) is 59.0 Å². The van der Waals surface area contributed by atoms with E-state index in [1.807, 2.05) is 35.2 Å². The number of fused-ring (bicyclic) bond motifs is 3. The number of carbonyl (C=O) groups is 1. The average Bonchev–Trinajstić information content (AvgIpc) is 3.28. The molecule has 0 bridgehead atoms. The van der Waals surface area contributed by atoms with Crippen LogP contribution < -0.4 is 0 Å². The lowest BCUT2D eigenvalue weighted by atomic mass is 10.0. The molecule has 5 heteroatoms. The first kappa shape index (κ1) is 17.2. The van der Waals surface area contributed by atoms with E-state index in [4.69, 9.17) is 11.6 Å². The Hall–Kier alpha value is -2.20. The van der Waals surface area contributed by atoms with Crippen molar-refractivity contribution in [3.8, 4) is 0 Å². The van der Waals surface area contributed by atoms with Gasteiger partial charge in [-0.1, -0.05) is 18.0 Å². The number of aromatic amines is 1. The number of amides is 1. The summed E-state index contributed by atoms with van der Waals surface area (Å²) in [7, 11) is 0. The number of aryl methyl sites for hydroxylation is 1. The van der Waals surface area contributed by atoms with Gasteiger partial charge in [0.15, 0.2) is 0 Å². The molecular formula is C21H24ClN3O. The topological polar surface area (TPSA) is 41.0 Å². The number of nitrogens with zero attached hydrogens (tertiary/aromatic N) is 2. The third kappa shape index (κ3) is 3.65. The number of halogens is 1. The molecule has 4 rings (SSSR count). The minimum Gasteiger partial charge on any atom is -0.358 e. The summed E-state index contributed by atoms with van der Waals surface area (Å²) in [5.74, 6) is 0.271. The van der Waals surface area contributed by atoms with Crippen LogP contribution in [-0.2, 0) is 24.3 Å². The Morgan fingerprint density at radius 3 is 2.85 bits per heavy atom. The van der Waals surface area contributed by atoms with E-state index < -0.39 is 0 Å². The highest BCUT2D eigenvalue weighted by Crippen LogP contribution is 2.30. The van der Waals surface area contributed by atoms with Gasteiger partial charge in [0, 0.05) is 72.1 Å². The number of unbranched alkanes of at least 4 members (excludes halogenated alkanes) is 2. The maximum Gasteiger partial charge on any atom is 0.222 e. The van der Waals surface area contributed by atoms with Crippen LogP contribution in [0.4, 0.5) is 0 Å². The van der Waals surface area contributed by atoms with E-state index in [2.05, 4.69) is 21.9 Å². The zero-order valence-electron chi connectivity index (χ0n) is 14.9. The second-order valence-electron chi connectivity index (χ2n) is 7.07. The molecule has 1 aromatic carbocycles. The van der Waals surface area contributed by atoms with Crippen molar-refractivity contribution in [3.63, 3.8) is 0 Å². The lowest BCUT2D eigenvalue weighted by Crippen LogP contribution is -2.35. The van der Waals surface area contributed by atoms with Gasteiger partial charge >= 0.3 is 0 Å². The first-order valence-corrected chi connectivity index (χ1v) is 9.76. The second-order valence-corrected chi connectivity index (χ2v) is 7.51. The number of rotatable bonds is 6. The third-order valence-electron chi connectivity index (χ3n) is 5.26. The molecule has 1 amide bonds. The highest BCUT2D eigenvalue weighted by molar-refractivity contribution is 6.31. The van der Waals surface area contributed by atoms with Gasteiger partial charge in [-0.2, -0.15) is 0 Å². The monoisotopic (exact) mass is 369 g/mol. The Labute approximate surface area is 158 Å². The van der Waals surface area contributed by atoms with Crippen LogP contribution in [0.1, 0.15) is 36.9 Å². The van der Waals surface area contributed by atoms with Crippen LogP contribution in [0.15, 0.2) is 42.7 Å². The Bertz CT molecular complexity index is 898. The molecule has 2 aromatic heterocycles. The third-order valence-corrected chi connectivity index (χ3v) is 5.50. The van der Waals surface area contributed by atoms with E-state index in [0.29, 0.717) is 13.0 Å². The number of H-pyrrole nitrogens is 1. The van der Waals surface area contributed by atoms with E-state index in [1.54, 1.807) is 0 Å². The average molecular weight is 370 g/mol. The molecule has 0 fully saturated rings. The molecule has 3 aromatic rings. The van der Waals surface area contributed by atoms with E-state index in [1.165, 1.54) is 11.3 Å². The number of aromatic nitrogens is 2. The fourth-order valence-corrected chi connectivity index (χ4v) is 4.00. The zero-order valence-corrected chi connectivity index (χ0v) is 15.6. The fourth-order valence-electron chi connectivity index (χ4n) is 3.82. The lowest BCUT2D eigenvalue weighted by molar-refractivity contribution is -0.132. The van der Waals surface area contributed by atoms with Crippen molar-refractivity contribution >= 4 is 28.4 Å². The van der Waals surface area contributed by atoms with Gasteiger partial charge < -0.3 is 14.5 Å². The molecule has 26 heavy (non-hydrogen) atoms. The summed E-state index contributed by atoms with van der Waals surface area (Å²) in [6.07, 6.45) is 8.88. The van der Waals surface area contributed by atoms with Gasteiger partial charge in [0.25, 0.3) is 0 Å². The SMILES string of the molecule is O=C(CCCCCn1cccc1)N1CCc2[nH]c3ccc(Cl)cc3c2C1. The summed E-state index contributed by atoms with van der Waals surface area (Å²) in [5, 5.41) is 1.89. The molecule has 4 nitrogen and oxygen atoms in total. The smallest absolute Gasteiger partial charge is 0.222 e. The van der Waals surface area contributed by atoms with E-state index >= 15 is 0 Å². The predicted octanol–water partition coefficient (Wildman–Crippen LogP) is 4.77. The van der Waals surface area contributed by atoms with Crippen molar-refractivity contribution in [1.82, 2.24) is 14.5 Å². The van der Waals surface area contributed by atoms with Crippen molar-refractivity contribution in [2.45, 2.75) is 45.2 Å². The second kappa shape index (κ2) is 7.58. The van der Waals surface area contributed by atoms with Crippen LogP contribution in [-0.4, -0.2) is 26.9 Å².